The minimum Gasteiger partial charge on any atom is -0.461 e. The maximum atomic E-state index is 12.4. The first-order valence-corrected chi connectivity index (χ1v) is 12.4. The smallest absolute Gasteiger partial charge is 0.461 e. The molecule has 36 heavy (non-hydrogen) atoms. The summed E-state index contributed by atoms with van der Waals surface area (Å²) in [6.07, 6.45) is 1.48. The number of nitrogens with two attached hydrogens (primary N) is 1. The molecule has 10 heteroatoms. The fraction of sp³-hybridized carbons (Fsp3) is 0.615. The molecule has 0 radical (unpaired) electrons. The average molecular weight is 510 g/mol. The maximum Gasteiger partial charge on any atom is 0.508 e. The Labute approximate surface area is 212 Å². The standard InChI is InChI=1S/C26H39NO9/c1-6-9-17(4)33-26(31)34-18(5)16-32-25(30)20(27)14-19-12-13-21(35-23(28)10-7-2)22(15-19)36-24(29)11-8-3/h12-13,15,17-18,20H,6-11,14,16,27H2,1-5H3/t17?,18-,20-/m0/s1. The van der Waals surface area contributed by atoms with Crippen LogP contribution in [0.2, 0.25) is 0 Å². The first-order valence-electron chi connectivity index (χ1n) is 12.4. The van der Waals surface area contributed by atoms with E-state index in [4.69, 9.17) is 29.4 Å². The van der Waals surface area contributed by atoms with Gasteiger partial charge >= 0.3 is 24.1 Å². The predicted octanol–water partition coefficient (Wildman–Crippen LogP) is 4.24. The highest BCUT2D eigenvalue weighted by Gasteiger charge is 2.21. The molecule has 1 aromatic rings. The SMILES string of the molecule is CCCC(=O)Oc1ccc(C[C@H](N)C(=O)OC[C@H](C)OC(=O)OC(C)CCC)cc1OC(=O)CCC. The van der Waals surface area contributed by atoms with Crippen LogP contribution in [0, 0.1) is 0 Å². The number of benzene rings is 1. The first-order chi connectivity index (χ1) is 17.1. The molecule has 1 aromatic carbocycles. The summed E-state index contributed by atoms with van der Waals surface area (Å²) < 4.78 is 26.0. The average Bonchev–Trinajstić information content (AvgIpc) is 2.79. The molecule has 0 saturated carbocycles. The third-order valence-electron chi connectivity index (χ3n) is 4.87. The van der Waals surface area contributed by atoms with E-state index in [-0.39, 0.29) is 43.5 Å². The minimum absolute atomic E-state index is 0.0756. The van der Waals surface area contributed by atoms with Crippen molar-refractivity contribution in [2.75, 3.05) is 6.61 Å². The van der Waals surface area contributed by atoms with Crippen molar-refractivity contribution >= 4 is 24.1 Å². The minimum atomic E-state index is -1.03. The van der Waals surface area contributed by atoms with E-state index in [2.05, 4.69) is 0 Å². The lowest BCUT2D eigenvalue weighted by Gasteiger charge is -2.18. The van der Waals surface area contributed by atoms with Gasteiger partial charge in [-0.15, -0.1) is 0 Å². The summed E-state index contributed by atoms with van der Waals surface area (Å²) in [5.74, 6) is -1.42. The largest absolute Gasteiger partial charge is 0.508 e. The van der Waals surface area contributed by atoms with Crippen molar-refractivity contribution in [1.29, 1.82) is 0 Å². The molecule has 1 unspecified atom stereocenters. The summed E-state index contributed by atoms with van der Waals surface area (Å²) >= 11 is 0. The third-order valence-corrected chi connectivity index (χ3v) is 4.87. The summed E-state index contributed by atoms with van der Waals surface area (Å²) in [6, 6.07) is 3.60. The van der Waals surface area contributed by atoms with Crippen molar-refractivity contribution in [3.63, 3.8) is 0 Å². The van der Waals surface area contributed by atoms with Crippen molar-refractivity contribution in [3.8, 4) is 11.5 Å². The second-order valence-electron chi connectivity index (χ2n) is 8.57. The highest BCUT2D eigenvalue weighted by Crippen LogP contribution is 2.30. The van der Waals surface area contributed by atoms with Crippen LogP contribution in [0.4, 0.5) is 4.79 Å². The van der Waals surface area contributed by atoms with E-state index in [0.29, 0.717) is 18.4 Å². The molecule has 0 bridgehead atoms. The fourth-order valence-electron chi connectivity index (χ4n) is 3.10. The Kier molecular flexibility index (Phi) is 14.2. The summed E-state index contributed by atoms with van der Waals surface area (Å²) in [6.45, 7) is 8.82. The van der Waals surface area contributed by atoms with Crippen LogP contribution < -0.4 is 15.2 Å². The number of ether oxygens (including phenoxy) is 5. The first kappa shape index (κ1) is 30.9. The van der Waals surface area contributed by atoms with Crippen LogP contribution in [0.3, 0.4) is 0 Å². The maximum absolute atomic E-state index is 12.4. The van der Waals surface area contributed by atoms with Gasteiger partial charge in [0.1, 0.15) is 24.9 Å². The molecule has 0 spiro atoms. The molecule has 3 atom stereocenters. The molecule has 0 aliphatic rings. The second-order valence-corrected chi connectivity index (χ2v) is 8.57. The highest BCUT2D eigenvalue weighted by molar-refractivity contribution is 5.77. The van der Waals surface area contributed by atoms with Crippen molar-refractivity contribution in [1.82, 2.24) is 0 Å². The van der Waals surface area contributed by atoms with Crippen LogP contribution in [-0.2, 0) is 35.0 Å². The molecule has 0 saturated heterocycles. The number of hydrogen-bond donors (Lipinski definition) is 1. The van der Waals surface area contributed by atoms with Gasteiger partial charge in [0.15, 0.2) is 11.5 Å². The van der Waals surface area contributed by atoms with Crippen molar-refractivity contribution in [3.05, 3.63) is 23.8 Å². The fourth-order valence-corrected chi connectivity index (χ4v) is 3.10. The second kappa shape index (κ2) is 16.5. The molecule has 0 aromatic heterocycles. The number of rotatable bonds is 15. The van der Waals surface area contributed by atoms with E-state index in [1.807, 2.05) is 20.8 Å². The van der Waals surface area contributed by atoms with Crippen molar-refractivity contribution < 1.29 is 42.9 Å². The van der Waals surface area contributed by atoms with Crippen molar-refractivity contribution in [2.24, 2.45) is 5.73 Å². The summed E-state index contributed by atoms with van der Waals surface area (Å²) in [5.41, 5.74) is 6.57. The zero-order valence-electron chi connectivity index (χ0n) is 21.9. The third kappa shape index (κ3) is 12.0. The Morgan fingerprint density at radius 2 is 1.42 bits per heavy atom. The van der Waals surface area contributed by atoms with Gasteiger partial charge in [-0.2, -0.15) is 0 Å². The number of carbonyl (C=O) groups excluding carboxylic acids is 4. The van der Waals surface area contributed by atoms with Gasteiger partial charge in [-0.3, -0.25) is 14.4 Å². The summed E-state index contributed by atoms with van der Waals surface area (Å²) in [7, 11) is 0. The quantitative estimate of drug-likeness (QED) is 0.269. The lowest BCUT2D eigenvalue weighted by Crippen LogP contribution is -2.36. The number of esters is 3. The van der Waals surface area contributed by atoms with Crippen LogP contribution in [0.1, 0.15) is 78.7 Å². The Hall–Kier alpha value is -3.14. The molecule has 0 heterocycles. The number of hydrogen-bond acceptors (Lipinski definition) is 10. The lowest BCUT2D eigenvalue weighted by atomic mass is 10.1. The summed E-state index contributed by atoms with van der Waals surface area (Å²) in [4.78, 5) is 48.1. The van der Waals surface area contributed by atoms with E-state index in [1.54, 1.807) is 19.9 Å². The zero-order chi connectivity index (χ0) is 27.1. The van der Waals surface area contributed by atoms with E-state index in [0.717, 1.165) is 12.8 Å². The van der Waals surface area contributed by atoms with E-state index < -0.39 is 36.2 Å². The van der Waals surface area contributed by atoms with Gasteiger partial charge < -0.3 is 29.4 Å². The Morgan fingerprint density at radius 3 is 2.00 bits per heavy atom. The Bertz CT molecular complexity index is 871. The molecular weight excluding hydrogens is 470 g/mol. The van der Waals surface area contributed by atoms with Gasteiger partial charge in [0.2, 0.25) is 0 Å². The van der Waals surface area contributed by atoms with Crippen LogP contribution in [0.5, 0.6) is 11.5 Å². The Morgan fingerprint density at radius 1 is 0.833 bits per heavy atom. The van der Waals surface area contributed by atoms with Gasteiger partial charge in [-0.1, -0.05) is 33.3 Å². The lowest BCUT2D eigenvalue weighted by molar-refractivity contribution is -0.148. The molecule has 202 valence electrons. The molecule has 2 N–H and O–H groups in total. The highest BCUT2D eigenvalue weighted by atomic mass is 16.7. The van der Waals surface area contributed by atoms with E-state index >= 15 is 0 Å². The normalized spacial score (nSPS) is 13.2. The number of carbonyl (C=O) groups is 4. The van der Waals surface area contributed by atoms with Crippen LogP contribution in [0.25, 0.3) is 0 Å². The van der Waals surface area contributed by atoms with Gasteiger partial charge in [-0.25, -0.2) is 4.79 Å². The Balaban J connectivity index is 2.72. The topological polar surface area (TPSA) is 140 Å². The monoisotopic (exact) mass is 509 g/mol. The molecule has 0 aliphatic heterocycles. The molecular formula is C26H39NO9. The molecule has 10 nitrogen and oxygen atoms in total. The molecule has 0 aliphatic carbocycles. The van der Waals surface area contributed by atoms with Crippen LogP contribution in [0.15, 0.2) is 18.2 Å². The van der Waals surface area contributed by atoms with Crippen LogP contribution in [-0.4, -0.2) is 48.9 Å². The zero-order valence-corrected chi connectivity index (χ0v) is 21.9. The van der Waals surface area contributed by atoms with Gasteiger partial charge in [0, 0.05) is 12.8 Å². The molecule has 0 amide bonds. The van der Waals surface area contributed by atoms with Gasteiger partial charge in [0.25, 0.3) is 0 Å². The van der Waals surface area contributed by atoms with Crippen molar-refractivity contribution in [2.45, 2.75) is 97.8 Å². The van der Waals surface area contributed by atoms with Crippen LogP contribution >= 0.6 is 0 Å². The predicted molar refractivity (Wildman–Crippen MR) is 132 cm³/mol. The van der Waals surface area contributed by atoms with E-state index in [9.17, 15) is 19.2 Å². The summed E-state index contributed by atoms with van der Waals surface area (Å²) in [5, 5.41) is 0. The molecule has 1 rings (SSSR count). The van der Waals surface area contributed by atoms with Gasteiger partial charge in [0.05, 0.1) is 0 Å². The van der Waals surface area contributed by atoms with Gasteiger partial charge in [-0.05, 0) is 57.2 Å². The van der Waals surface area contributed by atoms with E-state index in [1.165, 1.54) is 12.1 Å². The molecule has 0 fully saturated rings.